The van der Waals surface area contributed by atoms with Crippen LogP contribution in [0.2, 0.25) is 0 Å². The number of aryl methyl sites for hydroxylation is 1. The number of anilines is 2. The molecule has 2 aromatic rings. The highest BCUT2D eigenvalue weighted by Gasteiger charge is 2.12. The summed E-state index contributed by atoms with van der Waals surface area (Å²) in [4.78, 5) is 15.9. The molecule has 0 aliphatic heterocycles. The Morgan fingerprint density at radius 1 is 1.55 bits per heavy atom. The third kappa shape index (κ3) is 3.05. The Labute approximate surface area is 116 Å². The number of nitrogen functional groups attached to an aromatic ring is 1. The van der Waals surface area contributed by atoms with E-state index in [0.29, 0.717) is 30.2 Å². The zero-order chi connectivity index (χ0) is 14.5. The Balaban J connectivity index is 2.11. The number of carbonyl (C=O) groups is 1. The van der Waals surface area contributed by atoms with Crippen molar-refractivity contribution in [1.29, 1.82) is 0 Å². The van der Waals surface area contributed by atoms with Crippen molar-refractivity contribution in [3.05, 3.63) is 35.8 Å². The molecule has 0 bridgehead atoms. The normalized spacial score (nSPS) is 10.3. The summed E-state index contributed by atoms with van der Waals surface area (Å²) >= 11 is 0. The molecule has 0 saturated carbocycles. The number of nitrogens with zero attached hydrogens (tertiary/aromatic N) is 3. The third-order valence-corrected chi connectivity index (χ3v) is 2.80. The van der Waals surface area contributed by atoms with Gasteiger partial charge >= 0.3 is 5.97 Å². The number of carbonyl (C=O) groups excluding carboxylic acids is 1. The van der Waals surface area contributed by atoms with Crippen LogP contribution >= 0.6 is 0 Å². The minimum atomic E-state index is -0.448. The van der Waals surface area contributed by atoms with Gasteiger partial charge in [0.2, 0.25) is 0 Å². The van der Waals surface area contributed by atoms with Crippen LogP contribution in [0, 0.1) is 0 Å². The molecule has 0 amide bonds. The van der Waals surface area contributed by atoms with Gasteiger partial charge < -0.3 is 15.8 Å². The largest absolute Gasteiger partial charge is 0.462 e. The number of nitrogens with two attached hydrogens (primary N) is 1. The van der Waals surface area contributed by atoms with Crippen LogP contribution < -0.4 is 11.1 Å². The summed E-state index contributed by atoms with van der Waals surface area (Å²) in [6.07, 6.45) is 3.16. The smallest absolute Gasteiger partial charge is 0.340 e. The highest BCUT2D eigenvalue weighted by atomic mass is 16.5. The van der Waals surface area contributed by atoms with Crippen molar-refractivity contribution in [1.82, 2.24) is 14.8 Å². The van der Waals surface area contributed by atoms with Crippen molar-refractivity contribution >= 4 is 17.5 Å². The van der Waals surface area contributed by atoms with Gasteiger partial charge in [0.1, 0.15) is 5.82 Å². The molecular formula is C13H17N5O2. The van der Waals surface area contributed by atoms with Crippen LogP contribution in [0.1, 0.15) is 23.0 Å². The Bertz CT molecular complexity index is 609. The fourth-order valence-electron chi connectivity index (χ4n) is 1.70. The molecule has 20 heavy (non-hydrogen) atoms. The SMILES string of the molecule is CCOC(=O)c1cc(NCc2ccnn2C)ncc1N. The number of hydrogen-bond acceptors (Lipinski definition) is 6. The Kier molecular flexibility index (Phi) is 4.19. The molecule has 0 aromatic carbocycles. The third-order valence-electron chi connectivity index (χ3n) is 2.80. The van der Waals surface area contributed by atoms with Crippen LogP contribution in [-0.2, 0) is 18.3 Å². The summed E-state index contributed by atoms with van der Waals surface area (Å²) < 4.78 is 6.71. The molecule has 0 saturated heterocycles. The van der Waals surface area contributed by atoms with Crippen molar-refractivity contribution in [3.8, 4) is 0 Å². The molecule has 0 fully saturated rings. The second kappa shape index (κ2) is 6.05. The zero-order valence-corrected chi connectivity index (χ0v) is 11.5. The Hall–Kier alpha value is -2.57. The number of pyridine rings is 1. The standard InChI is InChI=1S/C13H17N5O2/c1-3-20-13(19)10-6-12(16-8-11(10)14)15-7-9-4-5-17-18(9)2/h4-6,8H,3,7,14H2,1-2H3,(H,15,16). The summed E-state index contributed by atoms with van der Waals surface area (Å²) in [7, 11) is 1.86. The first-order chi connectivity index (χ1) is 9.61. The van der Waals surface area contributed by atoms with Crippen LogP contribution in [0.25, 0.3) is 0 Å². The first-order valence-corrected chi connectivity index (χ1v) is 6.25. The second-order valence-electron chi connectivity index (χ2n) is 4.18. The van der Waals surface area contributed by atoms with Crippen molar-refractivity contribution in [3.63, 3.8) is 0 Å². The lowest BCUT2D eigenvalue weighted by Gasteiger charge is -2.09. The van der Waals surface area contributed by atoms with Gasteiger partial charge in [-0.3, -0.25) is 4.68 Å². The Morgan fingerprint density at radius 2 is 2.35 bits per heavy atom. The van der Waals surface area contributed by atoms with E-state index in [1.807, 2.05) is 13.1 Å². The monoisotopic (exact) mass is 275 g/mol. The summed E-state index contributed by atoms with van der Waals surface area (Å²) in [6, 6.07) is 3.49. The molecule has 7 heteroatoms. The van der Waals surface area contributed by atoms with Crippen LogP contribution in [0.3, 0.4) is 0 Å². The molecule has 2 rings (SSSR count). The van der Waals surface area contributed by atoms with Crippen molar-refractivity contribution in [2.45, 2.75) is 13.5 Å². The predicted molar refractivity (Wildman–Crippen MR) is 75.1 cm³/mol. The lowest BCUT2D eigenvalue weighted by Crippen LogP contribution is -2.11. The number of ether oxygens (including phenoxy) is 1. The van der Waals surface area contributed by atoms with Crippen LogP contribution in [0.4, 0.5) is 11.5 Å². The zero-order valence-electron chi connectivity index (χ0n) is 11.5. The fraction of sp³-hybridized carbons (Fsp3) is 0.308. The molecule has 0 atom stereocenters. The van der Waals surface area contributed by atoms with E-state index < -0.39 is 5.97 Å². The van der Waals surface area contributed by atoms with E-state index in [4.69, 9.17) is 10.5 Å². The average Bonchev–Trinajstić information content (AvgIpc) is 2.83. The van der Waals surface area contributed by atoms with E-state index >= 15 is 0 Å². The maximum Gasteiger partial charge on any atom is 0.340 e. The molecule has 3 N–H and O–H groups in total. The fourth-order valence-corrected chi connectivity index (χ4v) is 1.70. The molecule has 2 heterocycles. The Morgan fingerprint density at radius 3 is 3.00 bits per heavy atom. The quantitative estimate of drug-likeness (QED) is 0.796. The minimum Gasteiger partial charge on any atom is -0.462 e. The lowest BCUT2D eigenvalue weighted by atomic mass is 10.2. The van der Waals surface area contributed by atoms with Crippen LogP contribution in [0.15, 0.2) is 24.5 Å². The highest BCUT2D eigenvalue weighted by molar-refractivity contribution is 5.95. The first-order valence-electron chi connectivity index (χ1n) is 6.25. The first kappa shape index (κ1) is 13.9. The number of nitrogens with one attached hydrogen (secondary N) is 1. The van der Waals surface area contributed by atoms with Gasteiger partial charge in [0.05, 0.1) is 36.3 Å². The number of hydrogen-bond donors (Lipinski definition) is 2. The average molecular weight is 275 g/mol. The van der Waals surface area contributed by atoms with E-state index in [9.17, 15) is 4.79 Å². The van der Waals surface area contributed by atoms with Crippen molar-refractivity contribution in [2.75, 3.05) is 17.7 Å². The van der Waals surface area contributed by atoms with Gasteiger partial charge in [-0.05, 0) is 19.1 Å². The number of esters is 1. The molecule has 0 radical (unpaired) electrons. The second-order valence-corrected chi connectivity index (χ2v) is 4.18. The van der Waals surface area contributed by atoms with Gasteiger partial charge in [-0.15, -0.1) is 0 Å². The van der Waals surface area contributed by atoms with Crippen molar-refractivity contribution < 1.29 is 9.53 Å². The molecule has 2 aromatic heterocycles. The maximum atomic E-state index is 11.7. The molecule has 106 valence electrons. The summed E-state index contributed by atoms with van der Waals surface area (Å²) in [5.74, 6) is 0.111. The van der Waals surface area contributed by atoms with E-state index in [1.165, 1.54) is 6.20 Å². The predicted octanol–water partition coefficient (Wildman–Crippen LogP) is 1.19. The van der Waals surface area contributed by atoms with E-state index in [-0.39, 0.29) is 0 Å². The van der Waals surface area contributed by atoms with Gasteiger partial charge in [0.25, 0.3) is 0 Å². The minimum absolute atomic E-state index is 0.300. The van der Waals surface area contributed by atoms with E-state index in [0.717, 1.165) is 5.69 Å². The van der Waals surface area contributed by atoms with Gasteiger partial charge in [-0.1, -0.05) is 0 Å². The topological polar surface area (TPSA) is 95.1 Å². The maximum absolute atomic E-state index is 11.7. The number of rotatable bonds is 5. The van der Waals surface area contributed by atoms with Crippen LogP contribution in [-0.4, -0.2) is 27.3 Å². The molecule has 0 spiro atoms. The molecule has 0 aliphatic rings. The van der Waals surface area contributed by atoms with Gasteiger partial charge in [0.15, 0.2) is 0 Å². The van der Waals surface area contributed by atoms with Crippen LogP contribution in [0.5, 0.6) is 0 Å². The van der Waals surface area contributed by atoms with Gasteiger partial charge in [-0.25, -0.2) is 9.78 Å². The van der Waals surface area contributed by atoms with E-state index in [2.05, 4.69) is 15.4 Å². The summed E-state index contributed by atoms with van der Waals surface area (Å²) in [6.45, 7) is 2.60. The van der Waals surface area contributed by atoms with Gasteiger partial charge in [0, 0.05) is 13.2 Å². The summed E-state index contributed by atoms with van der Waals surface area (Å²) in [5.41, 5.74) is 7.35. The molecule has 0 unspecified atom stereocenters. The molecule has 0 aliphatic carbocycles. The van der Waals surface area contributed by atoms with E-state index in [1.54, 1.807) is 23.9 Å². The summed E-state index contributed by atoms with van der Waals surface area (Å²) in [5, 5.41) is 7.19. The highest BCUT2D eigenvalue weighted by Crippen LogP contribution is 2.16. The van der Waals surface area contributed by atoms with Gasteiger partial charge in [-0.2, -0.15) is 5.10 Å². The van der Waals surface area contributed by atoms with Crippen molar-refractivity contribution in [2.24, 2.45) is 7.05 Å². The molecular weight excluding hydrogens is 258 g/mol. The number of aromatic nitrogens is 3. The molecule has 7 nitrogen and oxygen atoms in total. The lowest BCUT2D eigenvalue weighted by molar-refractivity contribution is 0.0527.